The molecule has 0 bridgehead atoms. The van der Waals surface area contributed by atoms with Crippen LogP contribution < -0.4 is 19.7 Å². The highest BCUT2D eigenvalue weighted by Gasteiger charge is 2.46. The van der Waals surface area contributed by atoms with Crippen LogP contribution in [-0.2, 0) is 20.4 Å². The van der Waals surface area contributed by atoms with Crippen LogP contribution in [0, 0.1) is 0 Å². The van der Waals surface area contributed by atoms with Gasteiger partial charge in [-0.1, -0.05) is 19.1 Å². The van der Waals surface area contributed by atoms with Gasteiger partial charge in [-0.25, -0.2) is 18.0 Å². The summed E-state index contributed by atoms with van der Waals surface area (Å²) in [5, 5.41) is 4.89. The van der Waals surface area contributed by atoms with E-state index in [2.05, 4.69) is 10.6 Å². The first-order valence-corrected chi connectivity index (χ1v) is 11.4. The average Bonchev–Trinajstić information content (AvgIpc) is 3.26. The highest BCUT2D eigenvalue weighted by molar-refractivity contribution is 7.93. The Kier molecular flexibility index (Phi) is 5.18. The van der Waals surface area contributed by atoms with Crippen molar-refractivity contribution >= 4 is 33.6 Å². The number of hydrogen-bond donors (Lipinski definition) is 2. The van der Waals surface area contributed by atoms with E-state index in [9.17, 15) is 22.8 Å². The Balaban J connectivity index is 1.47. The van der Waals surface area contributed by atoms with Crippen molar-refractivity contribution in [2.45, 2.75) is 25.3 Å². The molecule has 0 radical (unpaired) electrons. The van der Waals surface area contributed by atoms with E-state index in [-0.39, 0.29) is 17.1 Å². The van der Waals surface area contributed by atoms with Gasteiger partial charge in [-0.05, 0) is 54.8 Å². The number of esters is 1. The van der Waals surface area contributed by atoms with Crippen molar-refractivity contribution in [3.05, 3.63) is 59.7 Å². The topological polar surface area (TPSA) is 122 Å². The van der Waals surface area contributed by atoms with Crippen LogP contribution in [0.2, 0.25) is 0 Å². The molecule has 0 aliphatic carbocycles. The molecule has 9 nitrogen and oxygen atoms in total. The van der Waals surface area contributed by atoms with Gasteiger partial charge in [0.25, 0.3) is 5.91 Å². The van der Waals surface area contributed by atoms with Gasteiger partial charge in [-0.15, -0.1) is 0 Å². The van der Waals surface area contributed by atoms with Gasteiger partial charge in [-0.2, -0.15) is 0 Å². The second-order valence-electron chi connectivity index (χ2n) is 7.37. The maximum absolute atomic E-state index is 12.5. The first-order chi connectivity index (χ1) is 14.7. The van der Waals surface area contributed by atoms with Crippen LogP contribution in [0.4, 0.5) is 10.5 Å². The van der Waals surface area contributed by atoms with Crippen molar-refractivity contribution in [3.63, 3.8) is 0 Å². The van der Waals surface area contributed by atoms with Crippen molar-refractivity contribution in [2.75, 3.05) is 16.6 Å². The summed E-state index contributed by atoms with van der Waals surface area (Å²) in [7, 11) is -3.29. The van der Waals surface area contributed by atoms with E-state index in [1.54, 1.807) is 43.3 Å². The monoisotopic (exact) mass is 443 g/mol. The van der Waals surface area contributed by atoms with E-state index in [4.69, 9.17) is 4.74 Å². The summed E-state index contributed by atoms with van der Waals surface area (Å²) >= 11 is 0. The number of anilines is 1. The summed E-state index contributed by atoms with van der Waals surface area (Å²) in [6.07, 6.45) is 0.940. The van der Waals surface area contributed by atoms with E-state index < -0.39 is 33.5 Å². The molecule has 10 heteroatoms. The number of hydrogen-bond acceptors (Lipinski definition) is 6. The fraction of sp³-hybridized carbons (Fsp3) is 0.286. The van der Waals surface area contributed by atoms with Crippen LogP contribution in [0.5, 0.6) is 5.75 Å². The van der Waals surface area contributed by atoms with E-state index in [0.29, 0.717) is 30.6 Å². The Hall–Kier alpha value is -3.40. The molecule has 3 amide bonds. The van der Waals surface area contributed by atoms with Crippen molar-refractivity contribution < 1.29 is 27.5 Å². The number of sulfonamides is 1. The molecule has 2 aromatic carbocycles. The first-order valence-electron chi connectivity index (χ1n) is 9.82. The zero-order valence-electron chi connectivity index (χ0n) is 16.8. The number of nitrogens with one attached hydrogen (secondary N) is 2. The third-order valence-electron chi connectivity index (χ3n) is 5.52. The summed E-state index contributed by atoms with van der Waals surface area (Å²) in [5.74, 6) is -0.626. The van der Waals surface area contributed by atoms with Crippen molar-refractivity contribution in [1.29, 1.82) is 0 Å². The summed E-state index contributed by atoms with van der Waals surface area (Å²) in [4.78, 5) is 36.2. The number of ether oxygens (including phenoxy) is 1. The molecular formula is C21H21N3O6S. The standard InChI is InChI=1S/C21H21N3O6S/c1-2-21(19(26)22-20(27)23-21)15-6-10-17(11-7-15)30-18(25)14-4-8-16(9-5-14)24-12-3-13-31(24,28)29/h4-11H,2-3,12-13H2,1H3,(H2,22,23,26,27)/t21-/m1/s1. The zero-order valence-corrected chi connectivity index (χ0v) is 17.6. The Morgan fingerprint density at radius 2 is 1.77 bits per heavy atom. The smallest absolute Gasteiger partial charge is 0.343 e. The lowest BCUT2D eigenvalue weighted by Gasteiger charge is -2.24. The number of rotatable bonds is 5. The number of carbonyl (C=O) groups is 3. The lowest BCUT2D eigenvalue weighted by atomic mass is 9.87. The molecular weight excluding hydrogens is 422 g/mol. The van der Waals surface area contributed by atoms with Crippen LogP contribution in [0.1, 0.15) is 35.7 Å². The SMILES string of the molecule is CC[C@]1(c2ccc(OC(=O)c3ccc(N4CCCS4(=O)=O)cc3)cc2)NC(=O)NC1=O. The molecule has 2 N–H and O–H groups in total. The predicted molar refractivity (Wildman–Crippen MR) is 112 cm³/mol. The summed E-state index contributed by atoms with van der Waals surface area (Å²) in [6.45, 7) is 2.21. The minimum Gasteiger partial charge on any atom is -0.423 e. The highest BCUT2D eigenvalue weighted by Crippen LogP contribution is 2.30. The van der Waals surface area contributed by atoms with Crippen LogP contribution in [0.15, 0.2) is 48.5 Å². The molecule has 0 spiro atoms. The Labute approximate surface area is 179 Å². The van der Waals surface area contributed by atoms with Gasteiger partial charge in [0.1, 0.15) is 11.3 Å². The van der Waals surface area contributed by atoms with E-state index in [1.807, 2.05) is 0 Å². The average molecular weight is 443 g/mol. The summed E-state index contributed by atoms with van der Waals surface area (Å²) in [5.41, 5.74) is 0.220. The van der Waals surface area contributed by atoms with Crippen molar-refractivity contribution in [1.82, 2.24) is 10.6 Å². The lowest BCUT2D eigenvalue weighted by molar-refractivity contribution is -0.124. The fourth-order valence-electron chi connectivity index (χ4n) is 3.81. The molecule has 4 rings (SSSR count). The third-order valence-corrected chi connectivity index (χ3v) is 7.39. The molecule has 162 valence electrons. The number of carbonyl (C=O) groups excluding carboxylic acids is 3. The van der Waals surface area contributed by atoms with Gasteiger partial charge >= 0.3 is 12.0 Å². The fourth-order valence-corrected chi connectivity index (χ4v) is 5.38. The second-order valence-corrected chi connectivity index (χ2v) is 9.38. The van der Waals surface area contributed by atoms with Gasteiger partial charge in [0.05, 0.1) is 17.0 Å². The number of imide groups is 1. The number of nitrogens with zero attached hydrogens (tertiary/aromatic N) is 1. The molecule has 2 heterocycles. The zero-order chi connectivity index (χ0) is 22.2. The highest BCUT2D eigenvalue weighted by atomic mass is 32.2. The molecule has 0 unspecified atom stereocenters. The molecule has 1 atom stereocenters. The van der Waals surface area contributed by atoms with E-state index in [1.165, 1.54) is 16.4 Å². The largest absolute Gasteiger partial charge is 0.423 e. The third kappa shape index (κ3) is 3.74. The van der Waals surface area contributed by atoms with Crippen LogP contribution in [-0.4, -0.2) is 38.6 Å². The Morgan fingerprint density at radius 3 is 2.29 bits per heavy atom. The normalized spacial score (nSPS) is 22.2. The van der Waals surface area contributed by atoms with Gasteiger partial charge in [-0.3, -0.25) is 14.4 Å². The maximum Gasteiger partial charge on any atom is 0.343 e. The van der Waals surface area contributed by atoms with Gasteiger partial charge in [0.15, 0.2) is 0 Å². The lowest BCUT2D eigenvalue weighted by Crippen LogP contribution is -2.43. The molecule has 2 aliphatic heterocycles. The molecule has 2 aromatic rings. The maximum atomic E-state index is 12.5. The van der Waals surface area contributed by atoms with Gasteiger partial charge in [0, 0.05) is 6.54 Å². The van der Waals surface area contributed by atoms with Crippen LogP contribution in [0.3, 0.4) is 0 Å². The summed E-state index contributed by atoms with van der Waals surface area (Å²) < 4.78 is 30.7. The molecule has 2 aliphatic rings. The number of benzene rings is 2. The minimum absolute atomic E-state index is 0.122. The van der Waals surface area contributed by atoms with Gasteiger partial charge < -0.3 is 10.1 Å². The quantitative estimate of drug-likeness (QED) is 0.413. The first kappa shape index (κ1) is 20.9. The Morgan fingerprint density at radius 1 is 1.10 bits per heavy atom. The van der Waals surface area contributed by atoms with Crippen LogP contribution >= 0.6 is 0 Å². The van der Waals surface area contributed by atoms with E-state index >= 15 is 0 Å². The molecule has 2 saturated heterocycles. The molecule has 0 saturated carbocycles. The number of urea groups is 1. The number of amides is 3. The minimum atomic E-state index is -3.29. The molecule has 0 aromatic heterocycles. The van der Waals surface area contributed by atoms with Crippen molar-refractivity contribution in [2.24, 2.45) is 0 Å². The summed E-state index contributed by atoms with van der Waals surface area (Å²) in [6, 6.07) is 12.0. The van der Waals surface area contributed by atoms with Gasteiger partial charge in [0.2, 0.25) is 10.0 Å². The predicted octanol–water partition coefficient (Wildman–Crippen LogP) is 1.89. The van der Waals surface area contributed by atoms with Crippen molar-refractivity contribution in [3.8, 4) is 5.75 Å². The second kappa shape index (κ2) is 7.69. The van der Waals surface area contributed by atoms with E-state index in [0.717, 1.165) is 0 Å². The Bertz CT molecular complexity index is 1140. The molecule has 2 fully saturated rings. The van der Waals surface area contributed by atoms with Crippen LogP contribution in [0.25, 0.3) is 0 Å². The molecule has 31 heavy (non-hydrogen) atoms.